The molecule has 0 aliphatic carbocycles. The molecule has 2 aromatic rings. The van der Waals surface area contributed by atoms with E-state index in [1.807, 2.05) is 12.4 Å². The molecule has 0 amide bonds. The monoisotopic (exact) mass is 282 g/mol. The molecule has 1 aliphatic heterocycles. The van der Waals surface area contributed by atoms with Crippen molar-refractivity contribution in [2.24, 2.45) is 5.73 Å². The number of nitrogens with two attached hydrogens (primary N) is 1. The standard InChI is InChI=1S/C17H22N4/c1-20(2)16-5-3-4-14-15(16)12-21(17(14)10-18)11-13-6-8-19-9-7-13/h3-9,17H,10-12,18H2,1-2H3. The Morgan fingerprint density at radius 3 is 2.67 bits per heavy atom. The molecule has 0 bridgehead atoms. The van der Waals surface area contributed by atoms with Crippen LogP contribution in [0.25, 0.3) is 0 Å². The third-order valence-corrected chi connectivity index (χ3v) is 4.19. The molecule has 0 radical (unpaired) electrons. The summed E-state index contributed by atoms with van der Waals surface area (Å²) >= 11 is 0. The summed E-state index contributed by atoms with van der Waals surface area (Å²) in [7, 11) is 4.19. The summed E-state index contributed by atoms with van der Waals surface area (Å²) in [6, 6.07) is 11.0. The highest BCUT2D eigenvalue weighted by Gasteiger charge is 2.31. The summed E-state index contributed by atoms with van der Waals surface area (Å²) in [6.45, 7) is 2.51. The van der Waals surface area contributed by atoms with Gasteiger partial charge in [0.15, 0.2) is 0 Å². The van der Waals surface area contributed by atoms with Crippen LogP contribution < -0.4 is 10.6 Å². The fourth-order valence-electron chi connectivity index (χ4n) is 3.17. The third kappa shape index (κ3) is 2.64. The molecule has 2 heterocycles. The van der Waals surface area contributed by atoms with Gasteiger partial charge in [-0.3, -0.25) is 9.88 Å². The van der Waals surface area contributed by atoms with Crippen molar-refractivity contribution in [2.75, 3.05) is 25.5 Å². The second kappa shape index (κ2) is 5.84. The summed E-state index contributed by atoms with van der Waals surface area (Å²) in [5, 5.41) is 0. The van der Waals surface area contributed by atoms with Crippen LogP contribution in [0.4, 0.5) is 5.69 Å². The van der Waals surface area contributed by atoms with Gasteiger partial charge in [-0.1, -0.05) is 12.1 Å². The number of benzene rings is 1. The van der Waals surface area contributed by atoms with E-state index in [2.05, 4.69) is 59.2 Å². The van der Waals surface area contributed by atoms with Gasteiger partial charge in [0.2, 0.25) is 0 Å². The first-order chi connectivity index (χ1) is 10.2. The Bertz CT molecular complexity index is 609. The molecule has 4 nitrogen and oxygen atoms in total. The highest BCUT2D eigenvalue weighted by atomic mass is 15.2. The Hall–Kier alpha value is -1.91. The van der Waals surface area contributed by atoms with Gasteiger partial charge in [-0.05, 0) is 34.9 Å². The van der Waals surface area contributed by atoms with Gasteiger partial charge >= 0.3 is 0 Å². The normalized spacial score (nSPS) is 17.8. The fourth-order valence-corrected chi connectivity index (χ4v) is 3.17. The maximum Gasteiger partial charge on any atom is 0.0481 e. The van der Waals surface area contributed by atoms with Crippen LogP contribution in [0.15, 0.2) is 42.7 Å². The Morgan fingerprint density at radius 2 is 2.00 bits per heavy atom. The van der Waals surface area contributed by atoms with E-state index >= 15 is 0 Å². The SMILES string of the molecule is CN(C)c1cccc2c1CN(Cc1ccncc1)C2CN. The average molecular weight is 282 g/mol. The molecule has 0 fully saturated rings. The molecule has 2 N–H and O–H groups in total. The van der Waals surface area contributed by atoms with Crippen LogP contribution in [-0.4, -0.2) is 30.5 Å². The molecular formula is C17H22N4. The van der Waals surface area contributed by atoms with E-state index in [4.69, 9.17) is 5.73 Å². The molecule has 1 aromatic carbocycles. The molecule has 1 atom stereocenters. The third-order valence-electron chi connectivity index (χ3n) is 4.19. The molecule has 110 valence electrons. The van der Waals surface area contributed by atoms with Crippen LogP contribution >= 0.6 is 0 Å². The second-order valence-electron chi connectivity index (χ2n) is 5.75. The molecule has 0 saturated carbocycles. The van der Waals surface area contributed by atoms with E-state index in [0.717, 1.165) is 13.1 Å². The molecule has 1 aliphatic rings. The number of aromatic nitrogens is 1. The van der Waals surface area contributed by atoms with Gasteiger partial charge in [-0.15, -0.1) is 0 Å². The quantitative estimate of drug-likeness (QED) is 0.933. The molecule has 1 unspecified atom stereocenters. The number of anilines is 1. The van der Waals surface area contributed by atoms with Crippen LogP contribution in [0.1, 0.15) is 22.7 Å². The average Bonchev–Trinajstić information content (AvgIpc) is 2.84. The van der Waals surface area contributed by atoms with E-state index in [-0.39, 0.29) is 0 Å². The van der Waals surface area contributed by atoms with E-state index in [0.29, 0.717) is 12.6 Å². The molecule has 0 saturated heterocycles. The van der Waals surface area contributed by atoms with Gasteiger partial charge in [0, 0.05) is 57.9 Å². The van der Waals surface area contributed by atoms with E-state index < -0.39 is 0 Å². The first-order valence-electron chi connectivity index (χ1n) is 7.33. The van der Waals surface area contributed by atoms with Crippen LogP contribution in [0, 0.1) is 0 Å². The largest absolute Gasteiger partial charge is 0.377 e. The first kappa shape index (κ1) is 14.0. The van der Waals surface area contributed by atoms with Gasteiger partial charge < -0.3 is 10.6 Å². The Balaban J connectivity index is 1.90. The van der Waals surface area contributed by atoms with Crippen molar-refractivity contribution in [1.82, 2.24) is 9.88 Å². The van der Waals surface area contributed by atoms with Crippen molar-refractivity contribution in [3.63, 3.8) is 0 Å². The van der Waals surface area contributed by atoms with Crippen LogP contribution in [0.2, 0.25) is 0 Å². The summed E-state index contributed by atoms with van der Waals surface area (Å²) in [5.74, 6) is 0. The molecule has 3 rings (SSSR count). The highest BCUT2D eigenvalue weighted by molar-refractivity contribution is 5.58. The number of hydrogen-bond donors (Lipinski definition) is 1. The van der Waals surface area contributed by atoms with Gasteiger partial charge in [-0.25, -0.2) is 0 Å². The maximum absolute atomic E-state index is 6.05. The zero-order chi connectivity index (χ0) is 14.8. The predicted octanol–water partition coefficient (Wildman–Crippen LogP) is 2.16. The van der Waals surface area contributed by atoms with Gasteiger partial charge in [0.25, 0.3) is 0 Å². The fraction of sp³-hybridized carbons (Fsp3) is 0.353. The van der Waals surface area contributed by atoms with E-state index in [1.165, 1.54) is 22.4 Å². The van der Waals surface area contributed by atoms with Crippen LogP contribution in [-0.2, 0) is 13.1 Å². The van der Waals surface area contributed by atoms with Crippen LogP contribution in [0.3, 0.4) is 0 Å². The number of hydrogen-bond acceptors (Lipinski definition) is 4. The lowest BCUT2D eigenvalue weighted by atomic mass is 10.0. The minimum Gasteiger partial charge on any atom is -0.377 e. The molecule has 21 heavy (non-hydrogen) atoms. The zero-order valence-electron chi connectivity index (χ0n) is 12.7. The van der Waals surface area contributed by atoms with E-state index in [1.54, 1.807) is 0 Å². The number of pyridine rings is 1. The number of nitrogens with zero attached hydrogens (tertiary/aromatic N) is 3. The van der Waals surface area contributed by atoms with Gasteiger partial charge in [0.1, 0.15) is 0 Å². The van der Waals surface area contributed by atoms with E-state index in [9.17, 15) is 0 Å². The predicted molar refractivity (Wildman–Crippen MR) is 86.0 cm³/mol. The van der Waals surface area contributed by atoms with Crippen molar-refractivity contribution < 1.29 is 0 Å². The number of fused-ring (bicyclic) bond motifs is 1. The van der Waals surface area contributed by atoms with Crippen molar-refractivity contribution in [1.29, 1.82) is 0 Å². The highest BCUT2D eigenvalue weighted by Crippen LogP contribution is 2.38. The minimum atomic E-state index is 0.299. The summed E-state index contributed by atoms with van der Waals surface area (Å²) in [6.07, 6.45) is 3.70. The lowest BCUT2D eigenvalue weighted by Crippen LogP contribution is -2.27. The van der Waals surface area contributed by atoms with Gasteiger partial charge in [-0.2, -0.15) is 0 Å². The van der Waals surface area contributed by atoms with Crippen molar-refractivity contribution in [2.45, 2.75) is 19.1 Å². The Morgan fingerprint density at radius 1 is 1.24 bits per heavy atom. The second-order valence-corrected chi connectivity index (χ2v) is 5.75. The minimum absolute atomic E-state index is 0.299. The molecule has 1 aromatic heterocycles. The van der Waals surface area contributed by atoms with Crippen LogP contribution in [0.5, 0.6) is 0 Å². The molecule has 0 spiro atoms. The lowest BCUT2D eigenvalue weighted by Gasteiger charge is -2.23. The lowest BCUT2D eigenvalue weighted by molar-refractivity contribution is 0.211. The van der Waals surface area contributed by atoms with Crippen molar-refractivity contribution in [3.05, 3.63) is 59.4 Å². The Kier molecular flexibility index (Phi) is 3.90. The first-order valence-corrected chi connectivity index (χ1v) is 7.33. The summed E-state index contributed by atoms with van der Waals surface area (Å²) in [4.78, 5) is 8.72. The number of rotatable bonds is 4. The topological polar surface area (TPSA) is 45.4 Å². The zero-order valence-corrected chi connectivity index (χ0v) is 12.7. The maximum atomic E-state index is 6.05. The summed E-state index contributed by atoms with van der Waals surface area (Å²) in [5.41, 5.74) is 11.4. The van der Waals surface area contributed by atoms with Crippen molar-refractivity contribution >= 4 is 5.69 Å². The summed E-state index contributed by atoms with van der Waals surface area (Å²) < 4.78 is 0. The van der Waals surface area contributed by atoms with Crippen molar-refractivity contribution in [3.8, 4) is 0 Å². The van der Waals surface area contributed by atoms with Gasteiger partial charge in [0.05, 0.1) is 0 Å². The molecular weight excluding hydrogens is 260 g/mol. The smallest absolute Gasteiger partial charge is 0.0481 e. The molecule has 4 heteroatoms. The Labute approximate surface area is 126 Å².